The maximum absolute atomic E-state index is 5.55. The monoisotopic (exact) mass is 213 g/mol. The van der Waals surface area contributed by atoms with Crippen LogP contribution in [0.2, 0.25) is 0 Å². The van der Waals surface area contributed by atoms with Crippen molar-refractivity contribution in [2.75, 3.05) is 6.61 Å². The molecule has 0 aromatic rings. The number of hydrogen-bond donors (Lipinski definition) is 1. The van der Waals surface area contributed by atoms with Crippen molar-refractivity contribution < 1.29 is 4.74 Å². The second-order valence-corrected chi connectivity index (χ2v) is 5.36. The van der Waals surface area contributed by atoms with Gasteiger partial charge in [0, 0.05) is 18.7 Å². The second kappa shape index (κ2) is 6.49. The Kier molecular flexibility index (Phi) is 5.62. The van der Waals surface area contributed by atoms with Crippen LogP contribution in [0.15, 0.2) is 0 Å². The third-order valence-corrected chi connectivity index (χ3v) is 3.29. The van der Waals surface area contributed by atoms with Crippen LogP contribution >= 0.6 is 0 Å². The van der Waals surface area contributed by atoms with E-state index in [0.29, 0.717) is 18.2 Å². The van der Waals surface area contributed by atoms with Gasteiger partial charge in [-0.05, 0) is 32.6 Å². The SMILES string of the molecule is CC(C)CCCC(C)NC1CCOC1C. The van der Waals surface area contributed by atoms with Gasteiger partial charge in [-0.25, -0.2) is 0 Å². The fraction of sp³-hybridized carbons (Fsp3) is 1.00. The highest BCUT2D eigenvalue weighted by molar-refractivity contribution is 4.81. The quantitative estimate of drug-likeness (QED) is 0.732. The van der Waals surface area contributed by atoms with Crippen LogP contribution in [-0.2, 0) is 4.74 Å². The zero-order valence-corrected chi connectivity index (χ0v) is 10.8. The van der Waals surface area contributed by atoms with E-state index in [0.717, 1.165) is 12.5 Å². The molecule has 0 aromatic heterocycles. The summed E-state index contributed by atoms with van der Waals surface area (Å²) in [6, 6.07) is 1.22. The first-order valence-electron chi connectivity index (χ1n) is 6.47. The molecule has 1 aliphatic heterocycles. The molecule has 0 aliphatic carbocycles. The first-order chi connectivity index (χ1) is 7.09. The summed E-state index contributed by atoms with van der Waals surface area (Å²) < 4.78 is 5.55. The van der Waals surface area contributed by atoms with Crippen LogP contribution in [-0.4, -0.2) is 24.8 Å². The summed E-state index contributed by atoms with van der Waals surface area (Å²) in [6.45, 7) is 9.99. The van der Waals surface area contributed by atoms with Crippen LogP contribution in [0.4, 0.5) is 0 Å². The van der Waals surface area contributed by atoms with E-state index < -0.39 is 0 Å². The Balaban J connectivity index is 2.09. The Morgan fingerprint density at radius 1 is 1.27 bits per heavy atom. The van der Waals surface area contributed by atoms with Crippen LogP contribution in [0, 0.1) is 5.92 Å². The highest BCUT2D eigenvalue weighted by Gasteiger charge is 2.24. The molecule has 2 heteroatoms. The van der Waals surface area contributed by atoms with Crippen molar-refractivity contribution in [2.24, 2.45) is 5.92 Å². The normalized spacial score (nSPS) is 28.6. The Bertz CT molecular complexity index is 170. The maximum atomic E-state index is 5.55. The van der Waals surface area contributed by atoms with E-state index in [1.807, 2.05) is 0 Å². The Labute approximate surface area is 94.8 Å². The summed E-state index contributed by atoms with van der Waals surface area (Å²) in [6.07, 6.45) is 5.56. The Morgan fingerprint density at radius 3 is 2.53 bits per heavy atom. The minimum Gasteiger partial charge on any atom is -0.377 e. The number of rotatable bonds is 6. The van der Waals surface area contributed by atoms with Crippen LogP contribution < -0.4 is 5.32 Å². The minimum atomic E-state index is 0.401. The van der Waals surface area contributed by atoms with Gasteiger partial charge in [-0.3, -0.25) is 0 Å². The first kappa shape index (κ1) is 13.0. The van der Waals surface area contributed by atoms with E-state index in [-0.39, 0.29) is 0 Å². The van der Waals surface area contributed by atoms with E-state index >= 15 is 0 Å². The van der Waals surface area contributed by atoms with Gasteiger partial charge >= 0.3 is 0 Å². The average molecular weight is 213 g/mol. The first-order valence-corrected chi connectivity index (χ1v) is 6.47. The average Bonchev–Trinajstić information content (AvgIpc) is 2.51. The predicted molar refractivity (Wildman–Crippen MR) is 65.1 cm³/mol. The molecule has 0 amide bonds. The molecule has 2 nitrogen and oxygen atoms in total. The third-order valence-electron chi connectivity index (χ3n) is 3.29. The molecule has 3 atom stereocenters. The molecule has 15 heavy (non-hydrogen) atoms. The molecule has 0 radical (unpaired) electrons. The van der Waals surface area contributed by atoms with Crippen LogP contribution in [0.25, 0.3) is 0 Å². The van der Waals surface area contributed by atoms with Gasteiger partial charge in [0.1, 0.15) is 0 Å². The minimum absolute atomic E-state index is 0.401. The molecule has 1 fully saturated rings. The van der Waals surface area contributed by atoms with E-state index in [2.05, 4.69) is 33.0 Å². The third kappa shape index (κ3) is 4.98. The number of nitrogens with one attached hydrogen (secondary N) is 1. The lowest BCUT2D eigenvalue weighted by Gasteiger charge is -2.21. The van der Waals surface area contributed by atoms with Gasteiger partial charge in [0.25, 0.3) is 0 Å². The predicted octanol–water partition coefficient (Wildman–Crippen LogP) is 2.97. The topological polar surface area (TPSA) is 21.3 Å². The van der Waals surface area contributed by atoms with Crippen LogP contribution in [0.3, 0.4) is 0 Å². The van der Waals surface area contributed by atoms with Crippen molar-refractivity contribution in [1.82, 2.24) is 5.32 Å². The highest BCUT2D eigenvalue weighted by Crippen LogP contribution is 2.15. The molecule has 1 rings (SSSR count). The standard InChI is InChI=1S/C13H27NO/c1-10(2)6-5-7-11(3)14-13-8-9-15-12(13)4/h10-14H,5-9H2,1-4H3. The number of ether oxygens (including phenoxy) is 1. The molecule has 1 saturated heterocycles. The number of hydrogen-bond acceptors (Lipinski definition) is 2. The van der Waals surface area contributed by atoms with Crippen LogP contribution in [0.5, 0.6) is 0 Å². The van der Waals surface area contributed by atoms with Crippen LogP contribution in [0.1, 0.15) is 53.4 Å². The van der Waals surface area contributed by atoms with Gasteiger partial charge in [0.2, 0.25) is 0 Å². The maximum Gasteiger partial charge on any atom is 0.0700 e. The summed E-state index contributed by atoms with van der Waals surface area (Å²) in [5.74, 6) is 0.839. The molecule has 0 saturated carbocycles. The lowest BCUT2D eigenvalue weighted by Crippen LogP contribution is -2.40. The van der Waals surface area contributed by atoms with E-state index in [1.54, 1.807) is 0 Å². The molecule has 1 N–H and O–H groups in total. The lowest BCUT2D eigenvalue weighted by atomic mass is 10.0. The van der Waals surface area contributed by atoms with E-state index in [1.165, 1.54) is 25.7 Å². The van der Waals surface area contributed by atoms with Crippen molar-refractivity contribution in [1.29, 1.82) is 0 Å². The molecular weight excluding hydrogens is 186 g/mol. The molecule has 3 unspecified atom stereocenters. The fourth-order valence-corrected chi connectivity index (χ4v) is 2.23. The zero-order valence-electron chi connectivity index (χ0n) is 10.8. The van der Waals surface area contributed by atoms with Gasteiger partial charge in [0.05, 0.1) is 6.10 Å². The summed E-state index contributed by atoms with van der Waals surface area (Å²) >= 11 is 0. The Hall–Kier alpha value is -0.0800. The molecular formula is C13H27NO. The molecule has 90 valence electrons. The zero-order chi connectivity index (χ0) is 11.3. The van der Waals surface area contributed by atoms with Gasteiger partial charge in [-0.1, -0.05) is 26.7 Å². The molecule has 1 aliphatic rings. The van der Waals surface area contributed by atoms with E-state index in [4.69, 9.17) is 4.74 Å². The largest absolute Gasteiger partial charge is 0.377 e. The Morgan fingerprint density at radius 2 is 2.00 bits per heavy atom. The van der Waals surface area contributed by atoms with Crippen molar-refractivity contribution in [3.63, 3.8) is 0 Å². The summed E-state index contributed by atoms with van der Waals surface area (Å²) in [4.78, 5) is 0. The van der Waals surface area contributed by atoms with Gasteiger partial charge in [0.15, 0.2) is 0 Å². The van der Waals surface area contributed by atoms with Crippen molar-refractivity contribution in [3.05, 3.63) is 0 Å². The fourth-order valence-electron chi connectivity index (χ4n) is 2.23. The lowest BCUT2D eigenvalue weighted by molar-refractivity contribution is 0.111. The van der Waals surface area contributed by atoms with Crippen molar-refractivity contribution in [2.45, 2.75) is 71.6 Å². The second-order valence-electron chi connectivity index (χ2n) is 5.36. The van der Waals surface area contributed by atoms with Crippen molar-refractivity contribution in [3.8, 4) is 0 Å². The molecule has 0 spiro atoms. The summed E-state index contributed by atoms with van der Waals surface area (Å²) in [7, 11) is 0. The smallest absolute Gasteiger partial charge is 0.0700 e. The summed E-state index contributed by atoms with van der Waals surface area (Å²) in [5.41, 5.74) is 0. The molecule has 1 heterocycles. The van der Waals surface area contributed by atoms with Crippen molar-refractivity contribution >= 4 is 0 Å². The van der Waals surface area contributed by atoms with E-state index in [9.17, 15) is 0 Å². The molecule has 0 aromatic carbocycles. The van der Waals surface area contributed by atoms with Gasteiger partial charge in [-0.2, -0.15) is 0 Å². The van der Waals surface area contributed by atoms with Gasteiger partial charge < -0.3 is 10.1 Å². The summed E-state index contributed by atoms with van der Waals surface area (Å²) in [5, 5.41) is 3.68. The highest BCUT2D eigenvalue weighted by atomic mass is 16.5. The van der Waals surface area contributed by atoms with Gasteiger partial charge in [-0.15, -0.1) is 0 Å². The molecule has 0 bridgehead atoms.